The monoisotopic (exact) mass is 541 g/mol. The number of ether oxygens (including phenoxy) is 2. The predicted molar refractivity (Wildman–Crippen MR) is 142 cm³/mol. The standard InChI is InChI=1S/C26H28ClN5O6/c1-5-6-21(33)29-19-12-16(11-18(27)13-19)14-28-25(31-26(35)37-4)30-24(34)22-15(2)38-32-23(22)17-7-9-20(36-3)10-8-17/h7-13H,5-6,14H2,1-4H3,(H,29,33)(H2,28,30,31,34,35). The molecular weight excluding hydrogens is 514 g/mol. The highest BCUT2D eigenvalue weighted by Crippen LogP contribution is 2.27. The lowest BCUT2D eigenvalue weighted by Crippen LogP contribution is -2.44. The van der Waals surface area contributed by atoms with Crippen molar-refractivity contribution >= 4 is 41.2 Å². The van der Waals surface area contributed by atoms with E-state index in [0.717, 1.165) is 0 Å². The first kappa shape index (κ1) is 28.2. The van der Waals surface area contributed by atoms with Gasteiger partial charge in [-0.15, -0.1) is 0 Å². The Labute approximate surface area is 224 Å². The number of hydrogen-bond donors (Lipinski definition) is 3. The lowest BCUT2D eigenvalue weighted by molar-refractivity contribution is -0.116. The van der Waals surface area contributed by atoms with E-state index in [4.69, 9.17) is 20.9 Å². The average Bonchev–Trinajstić information content (AvgIpc) is 3.28. The fourth-order valence-corrected chi connectivity index (χ4v) is 3.71. The largest absolute Gasteiger partial charge is 0.497 e. The van der Waals surface area contributed by atoms with E-state index in [0.29, 0.717) is 46.1 Å². The van der Waals surface area contributed by atoms with Gasteiger partial charge >= 0.3 is 6.09 Å². The first-order valence-electron chi connectivity index (χ1n) is 11.6. The molecule has 0 bridgehead atoms. The second-order valence-corrected chi connectivity index (χ2v) is 8.51. The van der Waals surface area contributed by atoms with Crippen molar-refractivity contribution in [1.82, 2.24) is 15.8 Å². The van der Waals surface area contributed by atoms with Gasteiger partial charge in [0.2, 0.25) is 11.9 Å². The van der Waals surface area contributed by atoms with E-state index in [2.05, 4.69) is 30.8 Å². The number of halogens is 1. The van der Waals surface area contributed by atoms with Crippen molar-refractivity contribution in [2.45, 2.75) is 33.2 Å². The number of benzene rings is 2. The maximum absolute atomic E-state index is 13.2. The van der Waals surface area contributed by atoms with Gasteiger partial charge in [0.25, 0.3) is 5.91 Å². The van der Waals surface area contributed by atoms with Crippen LogP contribution in [0.5, 0.6) is 5.75 Å². The van der Waals surface area contributed by atoms with E-state index < -0.39 is 12.0 Å². The molecule has 200 valence electrons. The Morgan fingerprint density at radius 1 is 1.08 bits per heavy atom. The smallest absolute Gasteiger partial charge is 0.413 e. The van der Waals surface area contributed by atoms with Crippen LogP contribution in [0.4, 0.5) is 10.5 Å². The van der Waals surface area contributed by atoms with Gasteiger partial charge in [0.05, 0.1) is 20.8 Å². The number of aliphatic imine (C=N–C) groups is 1. The zero-order valence-corrected chi connectivity index (χ0v) is 22.1. The summed E-state index contributed by atoms with van der Waals surface area (Å²) in [6.07, 6.45) is 0.248. The van der Waals surface area contributed by atoms with Crippen molar-refractivity contribution in [2.24, 2.45) is 4.99 Å². The van der Waals surface area contributed by atoms with Crippen molar-refractivity contribution in [2.75, 3.05) is 19.5 Å². The van der Waals surface area contributed by atoms with Gasteiger partial charge in [0.15, 0.2) is 0 Å². The van der Waals surface area contributed by atoms with Crippen molar-refractivity contribution in [3.8, 4) is 17.0 Å². The minimum absolute atomic E-state index is 0.0186. The van der Waals surface area contributed by atoms with Crippen LogP contribution in [0.25, 0.3) is 11.3 Å². The number of anilines is 1. The minimum atomic E-state index is -0.833. The second kappa shape index (κ2) is 13.2. The molecule has 0 radical (unpaired) electrons. The molecule has 1 aromatic heterocycles. The molecule has 3 N–H and O–H groups in total. The molecule has 0 aliphatic rings. The first-order valence-corrected chi connectivity index (χ1v) is 12.0. The lowest BCUT2D eigenvalue weighted by atomic mass is 10.1. The molecule has 3 amide bonds. The molecule has 0 spiro atoms. The fourth-order valence-electron chi connectivity index (χ4n) is 3.45. The Balaban J connectivity index is 1.85. The van der Waals surface area contributed by atoms with Crippen molar-refractivity contribution < 1.29 is 28.4 Å². The molecule has 0 unspecified atom stereocenters. The van der Waals surface area contributed by atoms with Gasteiger partial charge in [0, 0.05) is 22.7 Å². The molecule has 3 aromatic rings. The second-order valence-electron chi connectivity index (χ2n) is 8.07. The molecule has 0 saturated carbocycles. The van der Waals surface area contributed by atoms with Gasteiger partial charge in [-0.3, -0.25) is 20.2 Å². The molecule has 3 rings (SSSR count). The number of guanidine groups is 1. The number of carbonyl (C=O) groups excluding carboxylic acids is 3. The first-order chi connectivity index (χ1) is 18.2. The normalized spacial score (nSPS) is 11.0. The van der Waals surface area contributed by atoms with E-state index in [1.165, 1.54) is 7.11 Å². The Morgan fingerprint density at radius 2 is 1.82 bits per heavy atom. The summed E-state index contributed by atoms with van der Waals surface area (Å²) in [5, 5.41) is 12.2. The third-order valence-corrected chi connectivity index (χ3v) is 5.45. The Hall–Kier alpha value is -4.38. The summed E-state index contributed by atoms with van der Waals surface area (Å²) in [6, 6.07) is 11.9. The van der Waals surface area contributed by atoms with Crippen molar-refractivity contribution in [3.05, 3.63) is 64.4 Å². The van der Waals surface area contributed by atoms with E-state index in [1.54, 1.807) is 56.5 Å². The van der Waals surface area contributed by atoms with Gasteiger partial charge in [-0.1, -0.05) is 23.7 Å². The zero-order valence-electron chi connectivity index (χ0n) is 21.4. The Bertz CT molecular complexity index is 1340. The topological polar surface area (TPSA) is 144 Å². The van der Waals surface area contributed by atoms with Gasteiger partial charge in [-0.2, -0.15) is 0 Å². The number of amides is 3. The summed E-state index contributed by atoms with van der Waals surface area (Å²) in [5.74, 6) is 0.00287. The molecule has 0 aliphatic heterocycles. The molecule has 12 heteroatoms. The minimum Gasteiger partial charge on any atom is -0.497 e. The van der Waals surface area contributed by atoms with Crippen LogP contribution in [-0.2, 0) is 16.1 Å². The number of methoxy groups -OCH3 is 2. The maximum Gasteiger partial charge on any atom is 0.413 e. The number of nitrogens with one attached hydrogen (secondary N) is 3. The molecule has 1 heterocycles. The number of hydrogen-bond acceptors (Lipinski definition) is 8. The van der Waals surface area contributed by atoms with Gasteiger partial charge in [-0.25, -0.2) is 9.79 Å². The molecule has 0 aliphatic carbocycles. The van der Waals surface area contributed by atoms with Crippen LogP contribution in [0.1, 0.15) is 41.4 Å². The zero-order chi connectivity index (χ0) is 27.7. The van der Waals surface area contributed by atoms with E-state index in [-0.39, 0.29) is 29.7 Å². The molecule has 0 atom stereocenters. The third kappa shape index (κ3) is 7.56. The van der Waals surface area contributed by atoms with Crippen LogP contribution in [-0.4, -0.2) is 43.2 Å². The highest BCUT2D eigenvalue weighted by atomic mass is 35.5. The molecule has 0 saturated heterocycles. The highest BCUT2D eigenvalue weighted by Gasteiger charge is 2.23. The summed E-state index contributed by atoms with van der Waals surface area (Å²) >= 11 is 6.21. The van der Waals surface area contributed by atoms with Crippen LogP contribution in [0.3, 0.4) is 0 Å². The summed E-state index contributed by atoms with van der Waals surface area (Å²) in [4.78, 5) is 41.5. The summed E-state index contributed by atoms with van der Waals surface area (Å²) in [5.41, 5.74) is 2.24. The van der Waals surface area contributed by atoms with Gasteiger partial charge < -0.3 is 19.3 Å². The fraction of sp³-hybridized carbons (Fsp3) is 0.269. The maximum atomic E-state index is 13.2. The average molecular weight is 542 g/mol. The van der Waals surface area contributed by atoms with Crippen LogP contribution in [0.15, 0.2) is 52.0 Å². The molecular formula is C26H28ClN5O6. The molecule has 11 nitrogen and oxygen atoms in total. The molecule has 2 aromatic carbocycles. The third-order valence-electron chi connectivity index (χ3n) is 5.23. The summed E-state index contributed by atoms with van der Waals surface area (Å²) in [7, 11) is 2.74. The number of aryl methyl sites for hydroxylation is 1. The lowest BCUT2D eigenvalue weighted by Gasteiger charge is -2.11. The highest BCUT2D eigenvalue weighted by molar-refractivity contribution is 6.31. The quantitative estimate of drug-likeness (QED) is 0.277. The van der Waals surface area contributed by atoms with Gasteiger partial charge in [0.1, 0.15) is 22.8 Å². The Kier molecular flexibility index (Phi) is 9.83. The number of aromatic nitrogens is 1. The molecule has 0 fully saturated rings. The van der Waals surface area contributed by atoms with Crippen molar-refractivity contribution in [1.29, 1.82) is 0 Å². The predicted octanol–water partition coefficient (Wildman–Crippen LogP) is 4.69. The summed E-state index contributed by atoms with van der Waals surface area (Å²) < 4.78 is 15.1. The van der Waals surface area contributed by atoms with E-state index in [9.17, 15) is 14.4 Å². The Morgan fingerprint density at radius 3 is 2.47 bits per heavy atom. The van der Waals surface area contributed by atoms with E-state index >= 15 is 0 Å². The number of nitrogens with zero attached hydrogens (tertiary/aromatic N) is 2. The number of rotatable bonds is 8. The van der Waals surface area contributed by atoms with Crippen molar-refractivity contribution in [3.63, 3.8) is 0 Å². The number of alkyl carbamates (subject to hydrolysis) is 1. The van der Waals surface area contributed by atoms with Crippen LogP contribution < -0.4 is 20.7 Å². The SMILES string of the molecule is CCCC(=O)Nc1cc(Cl)cc(CN=C(NC(=O)OC)NC(=O)c2c(-c3ccc(OC)cc3)noc2C)c1. The van der Waals surface area contributed by atoms with Gasteiger partial charge in [-0.05, 0) is 61.4 Å². The summed E-state index contributed by atoms with van der Waals surface area (Å²) in [6.45, 7) is 3.52. The van der Waals surface area contributed by atoms with Crippen LogP contribution in [0, 0.1) is 6.92 Å². The van der Waals surface area contributed by atoms with E-state index in [1.807, 2.05) is 6.92 Å². The molecule has 38 heavy (non-hydrogen) atoms. The number of carbonyl (C=O) groups is 3. The van der Waals surface area contributed by atoms with Crippen LogP contribution in [0.2, 0.25) is 5.02 Å². The van der Waals surface area contributed by atoms with Crippen LogP contribution >= 0.6 is 11.6 Å².